The van der Waals surface area contributed by atoms with Crippen LogP contribution in [-0.4, -0.2) is 10.1 Å². The summed E-state index contributed by atoms with van der Waals surface area (Å²) >= 11 is 3.10. The number of pyridine rings is 1. The van der Waals surface area contributed by atoms with E-state index >= 15 is 0 Å². The van der Waals surface area contributed by atoms with Gasteiger partial charge in [0.1, 0.15) is 5.82 Å². The Labute approximate surface area is 107 Å². The fraction of sp³-hybridized carbons (Fsp3) is 0.154. The molecule has 0 spiro atoms. The molecule has 17 heavy (non-hydrogen) atoms. The van der Waals surface area contributed by atoms with E-state index in [0.29, 0.717) is 16.5 Å². The van der Waals surface area contributed by atoms with Crippen LogP contribution in [0.15, 0.2) is 47.2 Å². The van der Waals surface area contributed by atoms with E-state index in [0.717, 1.165) is 5.56 Å². The molecular formula is C13H11BrFNO. The molecule has 0 aliphatic heterocycles. The third-order valence-electron chi connectivity index (χ3n) is 2.48. The molecule has 0 aliphatic carbocycles. The van der Waals surface area contributed by atoms with Gasteiger partial charge in [-0.2, -0.15) is 0 Å². The van der Waals surface area contributed by atoms with Gasteiger partial charge >= 0.3 is 0 Å². The van der Waals surface area contributed by atoms with E-state index in [-0.39, 0.29) is 5.82 Å². The van der Waals surface area contributed by atoms with E-state index in [9.17, 15) is 9.50 Å². The normalized spacial score (nSPS) is 12.4. The molecule has 0 fully saturated rings. The summed E-state index contributed by atoms with van der Waals surface area (Å²) in [6, 6.07) is 8.24. The van der Waals surface area contributed by atoms with Crippen molar-refractivity contribution >= 4 is 15.9 Å². The topological polar surface area (TPSA) is 33.1 Å². The molecule has 88 valence electrons. The third kappa shape index (κ3) is 3.11. The average molecular weight is 296 g/mol. The second-order valence-corrected chi connectivity index (χ2v) is 4.61. The molecule has 1 unspecified atom stereocenters. The second kappa shape index (κ2) is 5.38. The summed E-state index contributed by atoms with van der Waals surface area (Å²) in [5.74, 6) is -0.331. The zero-order valence-corrected chi connectivity index (χ0v) is 10.6. The van der Waals surface area contributed by atoms with Crippen molar-refractivity contribution in [3.8, 4) is 0 Å². The minimum Gasteiger partial charge on any atom is -0.388 e. The van der Waals surface area contributed by atoms with E-state index in [4.69, 9.17) is 0 Å². The van der Waals surface area contributed by atoms with Crippen molar-refractivity contribution in [2.75, 3.05) is 0 Å². The molecule has 4 heteroatoms. The highest BCUT2D eigenvalue weighted by Crippen LogP contribution is 2.23. The van der Waals surface area contributed by atoms with E-state index in [2.05, 4.69) is 20.9 Å². The molecule has 1 heterocycles. The van der Waals surface area contributed by atoms with Crippen LogP contribution in [0.4, 0.5) is 4.39 Å². The van der Waals surface area contributed by atoms with Gasteiger partial charge in [-0.3, -0.25) is 4.98 Å². The van der Waals surface area contributed by atoms with Crippen LogP contribution in [0, 0.1) is 5.82 Å². The number of aromatic nitrogens is 1. The van der Waals surface area contributed by atoms with Crippen LogP contribution in [0.2, 0.25) is 0 Å². The van der Waals surface area contributed by atoms with Gasteiger partial charge < -0.3 is 5.11 Å². The molecule has 0 saturated heterocycles. The number of aliphatic hydroxyl groups excluding tert-OH is 1. The summed E-state index contributed by atoms with van der Waals surface area (Å²) in [5.41, 5.74) is 1.63. The first kappa shape index (κ1) is 12.2. The van der Waals surface area contributed by atoms with E-state index in [1.54, 1.807) is 24.5 Å². The first-order valence-electron chi connectivity index (χ1n) is 5.19. The maximum Gasteiger partial charge on any atom is 0.137 e. The number of hydrogen-bond acceptors (Lipinski definition) is 2. The van der Waals surface area contributed by atoms with Crippen molar-refractivity contribution in [2.24, 2.45) is 0 Å². The van der Waals surface area contributed by atoms with E-state index in [1.807, 2.05) is 12.1 Å². The van der Waals surface area contributed by atoms with Gasteiger partial charge in [-0.15, -0.1) is 0 Å². The highest BCUT2D eigenvalue weighted by Gasteiger charge is 2.10. The highest BCUT2D eigenvalue weighted by molar-refractivity contribution is 9.10. The van der Waals surface area contributed by atoms with Crippen LogP contribution in [0.1, 0.15) is 17.2 Å². The Bertz CT molecular complexity index is 504. The maximum absolute atomic E-state index is 13.1. The molecule has 1 aromatic heterocycles. The molecule has 0 amide bonds. The number of hydrogen-bond donors (Lipinski definition) is 1. The van der Waals surface area contributed by atoms with Crippen molar-refractivity contribution in [1.82, 2.24) is 4.98 Å². The lowest BCUT2D eigenvalue weighted by Crippen LogP contribution is -2.02. The summed E-state index contributed by atoms with van der Waals surface area (Å²) in [5, 5.41) is 10.0. The molecular weight excluding hydrogens is 285 g/mol. The van der Waals surface area contributed by atoms with Gasteiger partial charge in [0, 0.05) is 18.8 Å². The Morgan fingerprint density at radius 1 is 1.35 bits per heavy atom. The predicted octanol–water partition coefficient (Wildman–Crippen LogP) is 3.26. The molecule has 2 aromatic rings. The lowest BCUT2D eigenvalue weighted by Gasteiger charge is -2.11. The van der Waals surface area contributed by atoms with Crippen LogP contribution in [0.3, 0.4) is 0 Å². The Morgan fingerprint density at radius 3 is 2.82 bits per heavy atom. The molecule has 1 N–H and O–H groups in total. The quantitative estimate of drug-likeness (QED) is 0.943. The Hall–Kier alpha value is -1.26. The third-order valence-corrected chi connectivity index (χ3v) is 3.09. The summed E-state index contributed by atoms with van der Waals surface area (Å²) < 4.78 is 13.4. The maximum atomic E-state index is 13.1. The van der Waals surface area contributed by atoms with Crippen molar-refractivity contribution in [3.63, 3.8) is 0 Å². The number of nitrogens with zero attached hydrogens (tertiary/aromatic N) is 1. The molecule has 1 aromatic carbocycles. The van der Waals surface area contributed by atoms with Crippen molar-refractivity contribution in [2.45, 2.75) is 12.5 Å². The number of aliphatic hydroxyl groups is 1. The minimum atomic E-state index is -0.656. The van der Waals surface area contributed by atoms with Crippen LogP contribution >= 0.6 is 15.9 Å². The van der Waals surface area contributed by atoms with Crippen molar-refractivity contribution in [3.05, 3.63) is 64.1 Å². The van der Waals surface area contributed by atoms with Gasteiger partial charge in [-0.25, -0.2) is 4.39 Å². The first-order chi connectivity index (χ1) is 8.16. The molecule has 0 radical (unpaired) electrons. The molecule has 2 rings (SSSR count). The lowest BCUT2D eigenvalue weighted by molar-refractivity contribution is 0.178. The van der Waals surface area contributed by atoms with Crippen LogP contribution in [0.25, 0.3) is 0 Å². The van der Waals surface area contributed by atoms with Gasteiger partial charge in [0.25, 0.3) is 0 Å². The van der Waals surface area contributed by atoms with Crippen molar-refractivity contribution < 1.29 is 9.50 Å². The van der Waals surface area contributed by atoms with Gasteiger partial charge in [0.05, 0.1) is 10.6 Å². The van der Waals surface area contributed by atoms with Gasteiger partial charge in [-0.05, 0) is 45.3 Å². The Kier molecular flexibility index (Phi) is 3.86. The Morgan fingerprint density at radius 2 is 2.18 bits per heavy atom. The number of halogens is 2. The smallest absolute Gasteiger partial charge is 0.137 e. The highest BCUT2D eigenvalue weighted by atomic mass is 79.9. The summed E-state index contributed by atoms with van der Waals surface area (Å²) in [7, 11) is 0. The first-order valence-corrected chi connectivity index (χ1v) is 5.98. The molecule has 1 atom stereocenters. The molecule has 0 saturated carbocycles. The minimum absolute atomic E-state index is 0.331. The summed E-state index contributed by atoms with van der Waals surface area (Å²) in [4.78, 5) is 3.98. The standard InChI is InChI=1S/C13H11BrFNO/c14-11-7-10(3-4-12(11)15)13(17)6-9-2-1-5-16-8-9/h1-5,7-8,13,17H,6H2. The van der Waals surface area contributed by atoms with Gasteiger partial charge in [0.2, 0.25) is 0 Å². The van der Waals surface area contributed by atoms with Crippen molar-refractivity contribution in [1.29, 1.82) is 0 Å². The van der Waals surface area contributed by atoms with E-state index in [1.165, 1.54) is 6.07 Å². The fourth-order valence-corrected chi connectivity index (χ4v) is 1.98. The monoisotopic (exact) mass is 295 g/mol. The number of rotatable bonds is 3. The predicted molar refractivity (Wildman–Crippen MR) is 67.0 cm³/mol. The largest absolute Gasteiger partial charge is 0.388 e. The summed E-state index contributed by atoms with van der Waals surface area (Å²) in [6.07, 6.45) is 3.20. The molecule has 0 aliphatic rings. The SMILES string of the molecule is OC(Cc1cccnc1)c1ccc(F)c(Br)c1. The fourth-order valence-electron chi connectivity index (χ4n) is 1.58. The summed E-state index contributed by atoms with van der Waals surface area (Å²) in [6.45, 7) is 0. The van der Waals surface area contributed by atoms with Crippen LogP contribution in [0.5, 0.6) is 0 Å². The average Bonchev–Trinajstić information content (AvgIpc) is 2.34. The zero-order chi connectivity index (χ0) is 12.3. The Balaban J connectivity index is 2.14. The van der Waals surface area contributed by atoms with Crippen LogP contribution in [-0.2, 0) is 6.42 Å². The second-order valence-electron chi connectivity index (χ2n) is 3.75. The van der Waals surface area contributed by atoms with E-state index < -0.39 is 6.10 Å². The molecule has 0 bridgehead atoms. The molecule has 2 nitrogen and oxygen atoms in total. The van der Waals surface area contributed by atoms with Gasteiger partial charge in [-0.1, -0.05) is 12.1 Å². The zero-order valence-electron chi connectivity index (χ0n) is 8.98. The lowest BCUT2D eigenvalue weighted by atomic mass is 10.0. The van der Waals surface area contributed by atoms with Gasteiger partial charge in [0.15, 0.2) is 0 Å². The van der Waals surface area contributed by atoms with Crippen LogP contribution < -0.4 is 0 Å². The number of benzene rings is 1.